The van der Waals surface area contributed by atoms with Crippen molar-refractivity contribution in [1.29, 1.82) is 0 Å². The van der Waals surface area contributed by atoms with Crippen molar-refractivity contribution < 1.29 is 18.7 Å². The minimum absolute atomic E-state index is 0.238. The molecule has 33 heavy (non-hydrogen) atoms. The molecule has 7 nitrogen and oxygen atoms in total. The van der Waals surface area contributed by atoms with Crippen molar-refractivity contribution >= 4 is 34.0 Å². The zero-order valence-electron chi connectivity index (χ0n) is 19.0. The van der Waals surface area contributed by atoms with Crippen LogP contribution in [0, 0.1) is 5.82 Å². The second kappa shape index (κ2) is 10.5. The summed E-state index contributed by atoms with van der Waals surface area (Å²) >= 11 is 1.22. The van der Waals surface area contributed by atoms with Gasteiger partial charge in [-0.1, -0.05) is 6.92 Å². The Morgan fingerprint density at radius 1 is 1.27 bits per heavy atom. The Kier molecular flexibility index (Phi) is 7.52. The van der Waals surface area contributed by atoms with Crippen LogP contribution in [0.5, 0.6) is 0 Å². The van der Waals surface area contributed by atoms with E-state index in [9.17, 15) is 14.0 Å². The van der Waals surface area contributed by atoms with Gasteiger partial charge in [-0.2, -0.15) is 0 Å². The summed E-state index contributed by atoms with van der Waals surface area (Å²) in [6.07, 6.45) is 2.81. The van der Waals surface area contributed by atoms with E-state index < -0.39 is 6.10 Å². The summed E-state index contributed by atoms with van der Waals surface area (Å²) in [6, 6.07) is 4.27. The highest BCUT2D eigenvalue weighted by Gasteiger charge is 2.23. The first kappa shape index (κ1) is 23.5. The molecule has 0 aliphatic carbocycles. The number of benzene rings is 1. The molecule has 1 aliphatic rings. The molecule has 0 bridgehead atoms. The summed E-state index contributed by atoms with van der Waals surface area (Å²) in [5, 5.41) is 2.74. The van der Waals surface area contributed by atoms with E-state index in [0.717, 1.165) is 39.1 Å². The molecular formula is C24H29FN4O3S. The monoisotopic (exact) mass is 472 g/mol. The van der Waals surface area contributed by atoms with E-state index in [1.165, 1.54) is 23.5 Å². The van der Waals surface area contributed by atoms with Crippen LogP contribution in [-0.4, -0.2) is 71.3 Å². The third kappa shape index (κ3) is 5.66. The summed E-state index contributed by atoms with van der Waals surface area (Å²) in [4.78, 5) is 37.5. The van der Waals surface area contributed by atoms with Gasteiger partial charge in [-0.15, -0.1) is 11.3 Å². The highest BCUT2D eigenvalue weighted by molar-refractivity contribution is 7.12. The summed E-state index contributed by atoms with van der Waals surface area (Å²) in [5.41, 5.74) is 1.59. The summed E-state index contributed by atoms with van der Waals surface area (Å²) in [7, 11) is 2.12. The SMILES string of the molecule is CC[C@H](OC(=O)CCCN1CCN(C)CC1)c1csc(C(=O)c2c[nH]c3cc(F)ccc23)n1. The van der Waals surface area contributed by atoms with Crippen LogP contribution in [0.2, 0.25) is 0 Å². The molecule has 1 aromatic carbocycles. The Balaban J connectivity index is 1.34. The zero-order chi connectivity index (χ0) is 23.4. The number of hydrogen-bond donors (Lipinski definition) is 1. The second-order valence-electron chi connectivity index (χ2n) is 8.43. The van der Waals surface area contributed by atoms with E-state index in [1.54, 1.807) is 17.6 Å². The van der Waals surface area contributed by atoms with Crippen molar-refractivity contribution in [2.75, 3.05) is 39.8 Å². The molecule has 0 unspecified atom stereocenters. The van der Waals surface area contributed by atoms with Crippen LogP contribution in [0.4, 0.5) is 4.39 Å². The van der Waals surface area contributed by atoms with Crippen LogP contribution in [0.3, 0.4) is 0 Å². The smallest absolute Gasteiger partial charge is 0.306 e. The number of nitrogens with one attached hydrogen (secondary N) is 1. The average molecular weight is 473 g/mol. The summed E-state index contributed by atoms with van der Waals surface area (Å²) in [5.74, 6) is -0.844. The van der Waals surface area contributed by atoms with Crippen molar-refractivity contribution in [3.63, 3.8) is 0 Å². The first-order chi connectivity index (χ1) is 15.9. The lowest BCUT2D eigenvalue weighted by Crippen LogP contribution is -2.44. The molecule has 3 aromatic rings. The van der Waals surface area contributed by atoms with Gasteiger partial charge in [0.05, 0.1) is 11.3 Å². The van der Waals surface area contributed by atoms with Crippen molar-refractivity contribution in [2.45, 2.75) is 32.3 Å². The number of H-pyrrole nitrogens is 1. The molecule has 9 heteroatoms. The Labute approximate surface area is 196 Å². The third-order valence-corrected chi connectivity index (χ3v) is 6.89. The van der Waals surface area contributed by atoms with Crippen LogP contribution in [0.15, 0.2) is 29.8 Å². The maximum Gasteiger partial charge on any atom is 0.306 e. The molecular weight excluding hydrogens is 443 g/mol. The van der Waals surface area contributed by atoms with Gasteiger partial charge in [0, 0.05) is 55.1 Å². The number of rotatable bonds is 9. The number of ketones is 1. The number of likely N-dealkylation sites (N-methyl/N-ethyl adjacent to an activating group) is 1. The number of hydrogen-bond acceptors (Lipinski definition) is 7. The van der Waals surface area contributed by atoms with Gasteiger partial charge in [0.2, 0.25) is 5.78 Å². The summed E-state index contributed by atoms with van der Waals surface area (Å²) in [6.45, 7) is 7.00. The Morgan fingerprint density at radius 3 is 2.82 bits per heavy atom. The van der Waals surface area contributed by atoms with Gasteiger partial charge in [-0.3, -0.25) is 9.59 Å². The van der Waals surface area contributed by atoms with Gasteiger partial charge in [0.25, 0.3) is 0 Å². The Morgan fingerprint density at radius 2 is 2.06 bits per heavy atom. The minimum Gasteiger partial charge on any atom is -0.456 e. The molecule has 1 aliphatic heterocycles. The van der Waals surface area contributed by atoms with Gasteiger partial charge in [0.1, 0.15) is 11.9 Å². The van der Waals surface area contributed by atoms with E-state index in [1.807, 2.05) is 6.92 Å². The molecule has 1 saturated heterocycles. The quantitative estimate of drug-likeness (QED) is 0.374. The molecule has 176 valence electrons. The molecule has 0 saturated carbocycles. The molecule has 1 atom stereocenters. The van der Waals surface area contributed by atoms with E-state index in [2.05, 4.69) is 26.8 Å². The lowest BCUT2D eigenvalue weighted by molar-refractivity contribution is -0.150. The van der Waals surface area contributed by atoms with E-state index in [-0.39, 0.29) is 17.6 Å². The molecule has 4 rings (SSSR count). The van der Waals surface area contributed by atoms with Crippen molar-refractivity contribution in [2.24, 2.45) is 0 Å². The van der Waals surface area contributed by atoms with Gasteiger partial charge < -0.3 is 19.5 Å². The van der Waals surface area contributed by atoms with Crippen molar-refractivity contribution in [3.05, 3.63) is 51.9 Å². The largest absolute Gasteiger partial charge is 0.456 e. The predicted octanol–water partition coefficient (Wildman–Crippen LogP) is 4.02. The van der Waals surface area contributed by atoms with E-state index >= 15 is 0 Å². The van der Waals surface area contributed by atoms with Crippen molar-refractivity contribution in [1.82, 2.24) is 19.8 Å². The standard InChI is InChI=1S/C24H29FN4O3S/c1-3-21(32-22(30)5-4-8-29-11-9-28(2)10-12-29)20-15-33-24(27-20)23(31)18-14-26-19-13-16(25)6-7-17(18)19/h6-7,13-15,21,26H,3-5,8-12H2,1-2H3/t21-/m0/s1. The normalized spacial score (nSPS) is 16.2. The van der Waals surface area contributed by atoms with Crippen molar-refractivity contribution in [3.8, 4) is 0 Å². The fraction of sp³-hybridized carbons (Fsp3) is 0.458. The van der Waals surface area contributed by atoms with Gasteiger partial charge in [-0.25, -0.2) is 9.37 Å². The maximum absolute atomic E-state index is 13.4. The van der Waals surface area contributed by atoms with E-state index in [4.69, 9.17) is 4.74 Å². The molecule has 2 aromatic heterocycles. The van der Waals surface area contributed by atoms with Crippen LogP contribution in [0.1, 0.15) is 53.3 Å². The highest BCUT2D eigenvalue weighted by atomic mass is 32.1. The molecule has 1 fully saturated rings. The number of carbonyl (C=O) groups excluding carboxylic acids is 2. The number of ether oxygens (including phenoxy) is 1. The molecule has 0 amide bonds. The molecule has 1 N–H and O–H groups in total. The number of esters is 1. The maximum atomic E-state index is 13.4. The van der Waals surface area contributed by atoms with Gasteiger partial charge in [0.15, 0.2) is 5.01 Å². The summed E-state index contributed by atoms with van der Waals surface area (Å²) < 4.78 is 19.1. The molecule has 0 radical (unpaired) electrons. The fourth-order valence-electron chi connectivity index (χ4n) is 4.03. The average Bonchev–Trinajstić information content (AvgIpc) is 3.45. The second-order valence-corrected chi connectivity index (χ2v) is 9.29. The van der Waals surface area contributed by atoms with E-state index in [0.29, 0.717) is 40.0 Å². The number of carbonyl (C=O) groups is 2. The van der Waals surface area contributed by atoms with Crippen LogP contribution < -0.4 is 0 Å². The lowest BCUT2D eigenvalue weighted by atomic mass is 10.1. The Hall–Kier alpha value is -2.62. The number of halogens is 1. The first-order valence-electron chi connectivity index (χ1n) is 11.3. The topological polar surface area (TPSA) is 78.5 Å². The predicted molar refractivity (Wildman–Crippen MR) is 126 cm³/mol. The van der Waals surface area contributed by atoms with Crippen LogP contribution >= 0.6 is 11.3 Å². The third-order valence-electron chi connectivity index (χ3n) is 6.03. The molecule has 3 heterocycles. The molecule has 0 spiro atoms. The number of piperazine rings is 1. The fourth-order valence-corrected chi connectivity index (χ4v) is 4.84. The highest BCUT2D eigenvalue weighted by Crippen LogP contribution is 2.27. The lowest BCUT2D eigenvalue weighted by Gasteiger charge is -2.32. The number of nitrogens with zero attached hydrogens (tertiary/aromatic N) is 3. The van der Waals surface area contributed by atoms with Gasteiger partial charge >= 0.3 is 5.97 Å². The number of aromatic amines is 1. The van der Waals surface area contributed by atoms with Crippen LogP contribution in [-0.2, 0) is 9.53 Å². The van der Waals surface area contributed by atoms with Crippen LogP contribution in [0.25, 0.3) is 10.9 Å². The minimum atomic E-state index is -0.476. The zero-order valence-corrected chi connectivity index (χ0v) is 19.8. The van der Waals surface area contributed by atoms with Gasteiger partial charge in [-0.05, 0) is 44.6 Å². The number of thiazole rings is 1. The Bertz CT molecular complexity index is 1120. The number of fused-ring (bicyclic) bond motifs is 1. The first-order valence-corrected chi connectivity index (χ1v) is 12.2. The number of aromatic nitrogens is 2.